The lowest BCUT2D eigenvalue weighted by molar-refractivity contribution is 0.0656. The van der Waals surface area contributed by atoms with Crippen molar-refractivity contribution < 1.29 is 10.2 Å². The molecule has 0 fully saturated rings. The van der Waals surface area contributed by atoms with E-state index in [1.807, 2.05) is 30.3 Å². The highest BCUT2D eigenvalue weighted by atomic mass is 16.3. The van der Waals surface area contributed by atoms with Gasteiger partial charge in [0.25, 0.3) is 0 Å². The minimum absolute atomic E-state index is 0.479. The Morgan fingerprint density at radius 1 is 1.21 bits per heavy atom. The summed E-state index contributed by atoms with van der Waals surface area (Å²) in [6, 6.07) is 9.02. The minimum atomic E-state index is -0.697. The van der Waals surface area contributed by atoms with Crippen LogP contribution < -0.4 is 5.73 Å². The Morgan fingerprint density at radius 3 is 2.29 bits per heavy atom. The molecule has 0 aliphatic rings. The third-order valence-corrected chi connectivity index (χ3v) is 2.29. The van der Waals surface area contributed by atoms with E-state index in [2.05, 4.69) is 0 Å². The first-order valence-electron chi connectivity index (χ1n) is 4.77. The fraction of sp³-hybridized carbons (Fsp3) is 0.455. The number of hydrogen-bond donors (Lipinski definition) is 3. The summed E-state index contributed by atoms with van der Waals surface area (Å²) in [4.78, 5) is 0. The second-order valence-electron chi connectivity index (χ2n) is 3.58. The number of benzene rings is 1. The van der Waals surface area contributed by atoms with E-state index in [9.17, 15) is 10.2 Å². The smallest absolute Gasteiger partial charge is 0.0756 e. The number of aliphatic hydroxyl groups excluding tert-OH is 2. The van der Waals surface area contributed by atoms with Crippen molar-refractivity contribution in [1.82, 2.24) is 0 Å². The molecule has 3 atom stereocenters. The van der Waals surface area contributed by atoms with Gasteiger partial charge in [-0.3, -0.25) is 0 Å². The molecule has 3 heteroatoms. The predicted molar refractivity (Wildman–Crippen MR) is 55.8 cm³/mol. The Hall–Kier alpha value is -0.900. The second kappa shape index (κ2) is 5.10. The highest BCUT2D eigenvalue weighted by molar-refractivity contribution is 5.15. The highest BCUT2D eigenvalue weighted by Crippen LogP contribution is 2.06. The Balaban J connectivity index is 2.53. The fourth-order valence-corrected chi connectivity index (χ4v) is 1.31. The zero-order chi connectivity index (χ0) is 10.6. The monoisotopic (exact) mass is 195 g/mol. The van der Waals surface area contributed by atoms with Gasteiger partial charge in [0, 0.05) is 0 Å². The summed E-state index contributed by atoms with van der Waals surface area (Å²) in [5.74, 6) is 0. The summed E-state index contributed by atoms with van der Waals surface area (Å²) in [6.07, 6.45) is -0.904. The van der Waals surface area contributed by atoms with Crippen LogP contribution in [0.4, 0.5) is 0 Å². The van der Waals surface area contributed by atoms with Gasteiger partial charge in [-0.2, -0.15) is 0 Å². The molecule has 0 spiro atoms. The fourth-order valence-electron chi connectivity index (χ4n) is 1.31. The average molecular weight is 195 g/mol. The van der Waals surface area contributed by atoms with Crippen molar-refractivity contribution in [1.29, 1.82) is 0 Å². The second-order valence-corrected chi connectivity index (χ2v) is 3.58. The summed E-state index contributed by atoms with van der Waals surface area (Å²) in [7, 11) is 0. The maximum absolute atomic E-state index is 9.66. The van der Waals surface area contributed by atoms with Crippen molar-refractivity contribution in [3.63, 3.8) is 0 Å². The first-order valence-corrected chi connectivity index (χ1v) is 4.77. The minimum Gasteiger partial charge on any atom is -0.392 e. The molecule has 0 radical (unpaired) electrons. The lowest BCUT2D eigenvalue weighted by Gasteiger charge is -2.21. The Bertz CT molecular complexity index is 261. The van der Waals surface area contributed by atoms with Crippen LogP contribution in [0.15, 0.2) is 30.3 Å². The summed E-state index contributed by atoms with van der Waals surface area (Å²) >= 11 is 0. The Labute approximate surface area is 84.2 Å². The van der Waals surface area contributed by atoms with Crippen LogP contribution in [0, 0.1) is 0 Å². The van der Waals surface area contributed by atoms with Crippen molar-refractivity contribution >= 4 is 0 Å². The summed E-state index contributed by atoms with van der Waals surface area (Å²) < 4.78 is 0. The molecular formula is C11H17NO2. The number of hydrogen-bond acceptors (Lipinski definition) is 3. The van der Waals surface area contributed by atoms with Crippen molar-refractivity contribution in [3.05, 3.63) is 35.9 Å². The van der Waals surface area contributed by atoms with Gasteiger partial charge >= 0.3 is 0 Å². The summed E-state index contributed by atoms with van der Waals surface area (Å²) in [5, 5.41) is 18.8. The van der Waals surface area contributed by atoms with Crippen LogP contribution in [0.3, 0.4) is 0 Å². The largest absolute Gasteiger partial charge is 0.392 e. The van der Waals surface area contributed by atoms with Gasteiger partial charge in [-0.1, -0.05) is 30.3 Å². The third kappa shape index (κ3) is 3.10. The van der Waals surface area contributed by atoms with Crippen LogP contribution in [0.25, 0.3) is 0 Å². The van der Waals surface area contributed by atoms with Gasteiger partial charge in [-0.05, 0) is 18.9 Å². The zero-order valence-corrected chi connectivity index (χ0v) is 8.30. The van der Waals surface area contributed by atoms with Crippen LogP contribution in [0.1, 0.15) is 12.5 Å². The molecular weight excluding hydrogens is 178 g/mol. The molecule has 0 saturated carbocycles. The maximum atomic E-state index is 9.66. The molecule has 1 aromatic rings. The van der Waals surface area contributed by atoms with Crippen molar-refractivity contribution in [2.45, 2.75) is 31.6 Å². The van der Waals surface area contributed by atoms with Gasteiger partial charge in [0.1, 0.15) is 0 Å². The van der Waals surface area contributed by atoms with E-state index in [0.29, 0.717) is 6.42 Å². The van der Waals surface area contributed by atoms with E-state index in [0.717, 1.165) is 5.56 Å². The maximum Gasteiger partial charge on any atom is 0.0756 e. The lowest BCUT2D eigenvalue weighted by Crippen LogP contribution is -2.44. The van der Waals surface area contributed by atoms with Crippen LogP contribution in [-0.2, 0) is 6.42 Å². The van der Waals surface area contributed by atoms with E-state index in [-0.39, 0.29) is 0 Å². The van der Waals surface area contributed by atoms with Crippen LogP contribution in [0.2, 0.25) is 0 Å². The van der Waals surface area contributed by atoms with Crippen LogP contribution >= 0.6 is 0 Å². The molecule has 0 saturated heterocycles. The van der Waals surface area contributed by atoms with Gasteiger partial charge in [0.2, 0.25) is 0 Å². The molecule has 0 aliphatic carbocycles. The molecule has 0 heterocycles. The topological polar surface area (TPSA) is 66.5 Å². The molecule has 1 rings (SSSR count). The SMILES string of the molecule is C[C@@H](O)[C@H](N)C(O)Cc1ccccc1. The van der Waals surface area contributed by atoms with Gasteiger partial charge in [-0.25, -0.2) is 0 Å². The van der Waals surface area contributed by atoms with E-state index in [1.165, 1.54) is 0 Å². The molecule has 0 bridgehead atoms. The normalized spacial score (nSPS) is 17.4. The molecule has 4 N–H and O–H groups in total. The highest BCUT2D eigenvalue weighted by Gasteiger charge is 2.19. The lowest BCUT2D eigenvalue weighted by atomic mass is 10.00. The van der Waals surface area contributed by atoms with Crippen LogP contribution in [0.5, 0.6) is 0 Å². The van der Waals surface area contributed by atoms with Crippen LogP contribution in [-0.4, -0.2) is 28.5 Å². The molecule has 14 heavy (non-hydrogen) atoms. The Kier molecular flexibility index (Phi) is 4.07. The number of rotatable bonds is 4. The predicted octanol–water partition coefficient (Wildman–Crippen LogP) is 0.298. The Morgan fingerprint density at radius 2 is 1.79 bits per heavy atom. The molecule has 1 aromatic carbocycles. The van der Waals surface area contributed by atoms with E-state index in [4.69, 9.17) is 5.73 Å². The van der Waals surface area contributed by atoms with Crippen molar-refractivity contribution in [2.24, 2.45) is 5.73 Å². The standard InChI is InChI=1S/C11H17NO2/c1-8(13)11(12)10(14)7-9-5-3-2-4-6-9/h2-6,8,10-11,13-14H,7,12H2,1H3/t8-,10?,11+/m1/s1. The molecule has 0 aromatic heterocycles. The molecule has 0 amide bonds. The first kappa shape index (κ1) is 11.2. The van der Waals surface area contributed by atoms with Gasteiger partial charge in [0.15, 0.2) is 0 Å². The van der Waals surface area contributed by atoms with Gasteiger partial charge in [0.05, 0.1) is 18.2 Å². The zero-order valence-electron chi connectivity index (χ0n) is 8.30. The van der Waals surface area contributed by atoms with E-state index >= 15 is 0 Å². The quantitative estimate of drug-likeness (QED) is 0.647. The molecule has 1 unspecified atom stereocenters. The van der Waals surface area contributed by atoms with E-state index < -0.39 is 18.2 Å². The average Bonchev–Trinajstić information content (AvgIpc) is 2.18. The first-order chi connectivity index (χ1) is 6.61. The number of aliphatic hydroxyl groups is 2. The summed E-state index contributed by atoms with van der Waals surface area (Å²) in [6.45, 7) is 1.58. The number of nitrogens with two attached hydrogens (primary N) is 1. The molecule has 78 valence electrons. The molecule has 0 aliphatic heterocycles. The van der Waals surface area contributed by atoms with Gasteiger partial charge < -0.3 is 15.9 Å². The third-order valence-electron chi connectivity index (χ3n) is 2.29. The summed E-state index contributed by atoms with van der Waals surface area (Å²) in [5.41, 5.74) is 6.63. The van der Waals surface area contributed by atoms with Gasteiger partial charge in [-0.15, -0.1) is 0 Å². The van der Waals surface area contributed by atoms with Crippen molar-refractivity contribution in [3.8, 4) is 0 Å². The molecule has 3 nitrogen and oxygen atoms in total. The van der Waals surface area contributed by atoms with E-state index in [1.54, 1.807) is 6.92 Å². The van der Waals surface area contributed by atoms with Crippen molar-refractivity contribution in [2.75, 3.05) is 0 Å².